The Balaban J connectivity index is 1.86. The summed E-state index contributed by atoms with van der Waals surface area (Å²) in [6.45, 7) is 1.83. The Morgan fingerprint density at radius 1 is 1.18 bits per heavy atom. The maximum atomic E-state index is 13.6. The predicted molar refractivity (Wildman–Crippen MR) is 96.6 cm³/mol. The summed E-state index contributed by atoms with van der Waals surface area (Å²) in [5.74, 6) is -1.03. The number of halogens is 3. The van der Waals surface area contributed by atoms with Crippen molar-refractivity contribution in [2.24, 2.45) is 5.10 Å². The normalized spacial score (nSPS) is 19.6. The Kier molecular flexibility index (Phi) is 5.16. The first-order valence-electron chi connectivity index (χ1n) is 8.65. The number of aliphatic hydroxyl groups is 1. The second-order valence-electron chi connectivity index (χ2n) is 6.74. The molecule has 0 bridgehead atoms. The molecule has 0 unspecified atom stereocenters. The van der Waals surface area contributed by atoms with E-state index in [0.29, 0.717) is 11.1 Å². The average Bonchev–Trinajstić information content (AvgIpc) is 3.00. The van der Waals surface area contributed by atoms with E-state index in [1.165, 1.54) is 6.07 Å². The molecule has 1 aliphatic heterocycles. The highest BCUT2D eigenvalue weighted by Gasteiger charge is 2.63. The molecule has 148 valence electrons. The van der Waals surface area contributed by atoms with Crippen molar-refractivity contribution in [2.75, 3.05) is 0 Å². The largest absolute Gasteiger partial charge is 0.508 e. The maximum absolute atomic E-state index is 13.6. The van der Waals surface area contributed by atoms with Crippen LogP contribution in [0, 0.1) is 6.92 Å². The Morgan fingerprint density at radius 3 is 2.43 bits per heavy atom. The molecule has 3 rings (SSSR count). The second kappa shape index (κ2) is 7.27. The number of hydrazone groups is 1. The van der Waals surface area contributed by atoms with Crippen LogP contribution in [-0.2, 0) is 11.2 Å². The number of aromatic hydroxyl groups is 1. The fourth-order valence-corrected chi connectivity index (χ4v) is 3.01. The Bertz CT molecular complexity index is 910. The molecular weight excluding hydrogens is 373 g/mol. The monoisotopic (exact) mass is 392 g/mol. The number of phenols is 1. The summed E-state index contributed by atoms with van der Waals surface area (Å²) in [5, 5.41) is 24.0. The van der Waals surface area contributed by atoms with Gasteiger partial charge in [0.1, 0.15) is 5.75 Å². The van der Waals surface area contributed by atoms with Gasteiger partial charge in [0.25, 0.3) is 5.72 Å². The minimum absolute atomic E-state index is 0.0178. The summed E-state index contributed by atoms with van der Waals surface area (Å²) >= 11 is 0. The highest BCUT2D eigenvalue weighted by atomic mass is 19.4. The number of nitrogens with zero attached hydrogens (tertiary/aromatic N) is 2. The van der Waals surface area contributed by atoms with Crippen LogP contribution in [0.5, 0.6) is 5.75 Å². The maximum Gasteiger partial charge on any atom is 0.438 e. The molecule has 2 aromatic rings. The van der Waals surface area contributed by atoms with E-state index >= 15 is 0 Å². The molecule has 2 aromatic carbocycles. The highest BCUT2D eigenvalue weighted by molar-refractivity contribution is 6.03. The summed E-state index contributed by atoms with van der Waals surface area (Å²) in [5.41, 5.74) is -1.67. The number of para-hydroxylation sites is 1. The van der Waals surface area contributed by atoms with Crippen molar-refractivity contribution in [1.82, 2.24) is 5.01 Å². The number of amides is 1. The van der Waals surface area contributed by atoms with Crippen molar-refractivity contribution >= 4 is 11.6 Å². The van der Waals surface area contributed by atoms with Crippen molar-refractivity contribution in [3.63, 3.8) is 0 Å². The van der Waals surface area contributed by atoms with E-state index in [2.05, 4.69) is 5.10 Å². The van der Waals surface area contributed by atoms with Gasteiger partial charge < -0.3 is 10.2 Å². The van der Waals surface area contributed by atoms with Gasteiger partial charge >= 0.3 is 6.18 Å². The molecule has 0 aliphatic carbocycles. The van der Waals surface area contributed by atoms with Crippen LogP contribution in [0.25, 0.3) is 0 Å². The van der Waals surface area contributed by atoms with E-state index < -0.39 is 24.2 Å². The zero-order valence-corrected chi connectivity index (χ0v) is 15.1. The summed E-state index contributed by atoms with van der Waals surface area (Å²) in [6.07, 6.45) is -6.25. The zero-order chi connectivity index (χ0) is 20.5. The molecular formula is C20H19F3N2O3. The van der Waals surface area contributed by atoms with Crippen molar-refractivity contribution in [3.8, 4) is 5.75 Å². The van der Waals surface area contributed by atoms with Gasteiger partial charge in [-0.25, -0.2) is 0 Å². The van der Waals surface area contributed by atoms with Crippen LogP contribution in [0.3, 0.4) is 0 Å². The van der Waals surface area contributed by atoms with Crippen LogP contribution >= 0.6 is 0 Å². The Hall–Kier alpha value is -2.87. The van der Waals surface area contributed by atoms with Gasteiger partial charge in [-0.1, -0.05) is 48.0 Å². The van der Waals surface area contributed by atoms with Crippen molar-refractivity contribution in [1.29, 1.82) is 0 Å². The van der Waals surface area contributed by atoms with Crippen LogP contribution in [-0.4, -0.2) is 38.7 Å². The average molecular weight is 392 g/mol. The summed E-state index contributed by atoms with van der Waals surface area (Å²) in [6, 6.07) is 12.9. The van der Waals surface area contributed by atoms with Crippen LogP contribution < -0.4 is 0 Å². The second-order valence-corrected chi connectivity index (χ2v) is 6.74. The van der Waals surface area contributed by atoms with E-state index in [1.807, 2.05) is 6.92 Å². The van der Waals surface area contributed by atoms with Gasteiger partial charge in [-0.05, 0) is 30.5 Å². The van der Waals surface area contributed by atoms with Crippen LogP contribution in [0.1, 0.15) is 29.5 Å². The topological polar surface area (TPSA) is 73.1 Å². The van der Waals surface area contributed by atoms with Gasteiger partial charge in [0, 0.05) is 6.42 Å². The first kappa shape index (κ1) is 19.9. The molecule has 1 amide bonds. The summed E-state index contributed by atoms with van der Waals surface area (Å²) < 4.78 is 40.7. The van der Waals surface area contributed by atoms with E-state index in [9.17, 15) is 28.2 Å². The molecule has 0 saturated heterocycles. The summed E-state index contributed by atoms with van der Waals surface area (Å²) in [4.78, 5) is 12.5. The first-order valence-corrected chi connectivity index (χ1v) is 8.65. The van der Waals surface area contributed by atoms with Gasteiger partial charge in [-0.15, -0.1) is 0 Å². The van der Waals surface area contributed by atoms with Gasteiger partial charge in [0.05, 0.1) is 12.1 Å². The van der Waals surface area contributed by atoms with E-state index in [0.717, 1.165) is 5.56 Å². The molecule has 8 heteroatoms. The fraction of sp³-hybridized carbons (Fsp3) is 0.300. The van der Waals surface area contributed by atoms with Crippen molar-refractivity contribution in [3.05, 3.63) is 65.2 Å². The predicted octanol–water partition coefficient (Wildman–Crippen LogP) is 3.52. The van der Waals surface area contributed by atoms with Gasteiger partial charge in [-0.2, -0.15) is 23.3 Å². The molecule has 0 spiro atoms. The Morgan fingerprint density at radius 2 is 1.82 bits per heavy atom. The molecule has 5 nitrogen and oxygen atoms in total. The SMILES string of the molecule is Cc1ccc(C2=NN(C(=O)CCc3ccccc3O)[C@](O)(C(F)(F)F)C2)cc1. The minimum Gasteiger partial charge on any atom is -0.508 e. The number of rotatable bonds is 4. The van der Waals surface area contributed by atoms with Gasteiger partial charge in [0.2, 0.25) is 5.91 Å². The van der Waals surface area contributed by atoms with Gasteiger partial charge in [0.15, 0.2) is 0 Å². The molecule has 0 radical (unpaired) electrons. The lowest BCUT2D eigenvalue weighted by Crippen LogP contribution is -2.56. The Labute approximate surface area is 159 Å². The van der Waals surface area contributed by atoms with Crippen LogP contribution in [0.2, 0.25) is 0 Å². The van der Waals surface area contributed by atoms with Crippen LogP contribution in [0.4, 0.5) is 13.2 Å². The number of hydrogen-bond donors (Lipinski definition) is 2. The lowest BCUT2D eigenvalue weighted by molar-refractivity contribution is -0.302. The van der Waals surface area contributed by atoms with E-state index in [-0.39, 0.29) is 29.3 Å². The lowest BCUT2D eigenvalue weighted by Gasteiger charge is -2.32. The first-order chi connectivity index (χ1) is 13.1. The van der Waals surface area contributed by atoms with Crippen molar-refractivity contribution in [2.45, 2.75) is 38.1 Å². The number of carbonyl (C=O) groups is 1. The number of aryl methyl sites for hydroxylation is 2. The molecule has 1 atom stereocenters. The fourth-order valence-electron chi connectivity index (χ4n) is 3.01. The van der Waals surface area contributed by atoms with Crippen LogP contribution in [0.15, 0.2) is 53.6 Å². The number of hydrogen-bond acceptors (Lipinski definition) is 4. The third-order valence-corrected chi connectivity index (χ3v) is 4.66. The summed E-state index contributed by atoms with van der Waals surface area (Å²) in [7, 11) is 0. The van der Waals surface area contributed by atoms with E-state index in [1.54, 1.807) is 42.5 Å². The quantitative estimate of drug-likeness (QED) is 0.836. The smallest absolute Gasteiger partial charge is 0.438 e. The third-order valence-electron chi connectivity index (χ3n) is 4.66. The number of phenolic OH excluding ortho intramolecular Hbond substituents is 1. The molecule has 0 saturated carbocycles. The molecule has 2 N–H and O–H groups in total. The molecule has 1 aliphatic rings. The highest BCUT2D eigenvalue weighted by Crippen LogP contribution is 2.41. The lowest BCUT2D eigenvalue weighted by atomic mass is 10.00. The number of alkyl halides is 3. The van der Waals surface area contributed by atoms with Crippen molar-refractivity contribution < 1.29 is 28.2 Å². The number of benzene rings is 2. The third kappa shape index (κ3) is 3.73. The molecule has 28 heavy (non-hydrogen) atoms. The van der Waals surface area contributed by atoms with Gasteiger partial charge in [-0.3, -0.25) is 4.79 Å². The molecule has 1 heterocycles. The minimum atomic E-state index is -5.08. The number of carbonyl (C=O) groups excluding carboxylic acids is 1. The zero-order valence-electron chi connectivity index (χ0n) is 15.1. The molecule has 0 aromatic heterocycles. The van der Waals surface area contributed by atoms with E-state index in [4.69, 9.17) is 0 Å². The standard InChI is InChI=1S/C20H19F3N2O3/c1-13-6-8-14(9-7-13)16-12-19(28,20(21,22)23)25(24-16)18(27)11-10-15-4-2-3-5-17(15)26/h2-9,26,28H,10-12H2,1H3/t19-/m1/s1. The molecule has 0 fully saturated rings.